The number of benzene rings is 2. The van der Waals surface area contributed by atoms with Crippen LogP contribution >= 0.6 is 11.8 Å². The fourth-order valence-electron chi connectivity index (χ4n) is 2.62. The van der Waals surface area contributed by atoms with Crippen molar-refractivity contribution in [1.29, 1.82) is 5.26 Å². The second kappa shape index (κ2) is 7.54. The second-order valence-corrected chi connectivity index (χ2v) is 6.88. The Morgan fingerprint density at radius 3 is 2.60 bits per heavy atom. The predicted octanol–water partition coefficient (Wildman–Crippen LogP) is 4.53. The van der Waals surface area contributed by atoms with Gasteiger partial charge in [-0.2, -0.15) is 5.26 Å². The van der Waals surface area contributed by atoms with Crippen molar-refractivity contribution in [2.45, 2.75) is 37.2 Å². The van der Waals surface area contributed by atoms with Crippen molar-refractivity contribution in [2.75, 3.05) is 0 Å². The molecule has 126 valence electrons. The summed E-state index contributed by atoms with van der Waals surface area (Å²) in [4.78, 5) is 17.6. The van der Waals surface area contributed by atoms with Gasteiger partial charge in [0.2, 0.25) is 0 Å². The van der Waals surface area contributed by atoms with Crippen LogP contribution in [0.4, 0.5) is 0 Å². The van der Waals surface area contributed by atoms with Crippen LogP contribution in [0.5, 0.6) is 0 Å². The molecule has 4 nitrogen and oxygen atoms in total. The Kier molecular flexibility index (Phi) is 5.20. The molecule has 0 spiro atoms. The highest BCUT2D eigenvalue weighted by atomic mass is 32.2. The summed E-state index contributed by atoms with van der Waals surface area (Å²) < 4.78 is 1.80. The molecule has 1 atom stereocenters. The Bertz CT molecular complexity index is 986. The molecule has 1 aromatic heterocycles. The molecule has 0 fully saturated rings. The molecule has 0 bridgehead atoms. The van der Waals surface area contributed by atoms with E-state index in [1.807, 2.05) is 55.5 Å². The summed E-state index contributed by atoms with van der Waals surface area (Å²) in [6, 6.07) is 17.2. The lowest BCUT2D eigenvalue weighted by Gasteiger charge is -2.18. The van der Waals surface area contributed by atoms with Crippen LogP contribution in [0, 0.1) is 11.3 Å². The Morgan fingerprint density at radius 1 is 1.20 bits per heavy atom. The molecule has 0 aliphatic heterocycles. The van der Waals surface area contributed by atoms with E-state index < -0.39 is 0 Å². The number of thioether (sulfide) groups is 1. The minimum atomic E-state index is 0.0160. The van der Waals surface area contributed by atoms with Crippen molar-refractivity contribution in [3.05, 3.63) is 70.0 Å². The van der Waals surface area contributed by atoms with E-state index in [-0.39, 0.29) is 11.6 Å². The number of aromatic nitrogens is 2. The molecular formula is C20H19N3OS. The van der Waals surface area contributed by atoms with Crippen LogP contribution in [0.15, 0.2) is 58.5 Å². The lowest BCUT2D eigenvalue weighted by Crippen LogP contribution is -2.26. The topological polar surface area (TPSA) is 58.7 Å². The Morgan fingerprint density at radius 2 is 1.92 bits per heavy atom. The van der Waals surface area contributed by atoms with Gasteiger partial charge >= 0.3 is 0 Å². The zero-order chi connectivity index (χ0) is 17.8. The molecule has 0 saturated heterocycles. The van der Waals surface area contributed by atoms with Gasteiger partial charge in [-0.25, -0.2) is 4.98 Å². The number of nitrogens with zero attached hydrogens (tertiary/aromatic N) is 3. The first-order chi connectivity index (χ1) is 12.1. The van der Waals surface area contributed by atoms with E-state index in [9.17, 15) is 4.79 Å². The van der Waals surface area contributed by atoms with Crippen LogP contribution in [0.2, 0.25) is 0 Å². The number of para-hydroxylation sites is 1. The average molecular weight is 349 g/mol. The first kappa shape index (κ1) is 17.2. The maximum Gasteiger partial charge on any atom is 0.262 e. The van der Waals surface area contributed by atoms with Crippen molar-refractivity contribution in [3.8, 4) is 6.07 Å². The van der Waals surface area contributed by atoms with E-state index in [2.05, 4.69) is 13.0 Å². The highest BCUT2D eigenvalue weighted by Gasteiger charge is 2.15. The van der Waals surface area contributed by atoms with Gasteiger partial charge in [-0.05, 0) is 43.2 Å². The minimum absolute atomic E-state index is 0.0160. The van der Waals surface area contributed by atoms with Crippen LogP contribution in [-0.2, 0) is 5.75 Å². The third kappa shape index (κ3) is 3.59. The maximum absolute atomic E-state index is 12.9. The Balaban J connectivity index is 1.98. The number of rotatable bonds is 5. The lowest BCUT2D eigenvalue weighted by atomic mass is 10.2. The quantitative estimate of drug-likeness (QED) is 0.501. The summed E-state index contributed by atoms with van der Waals surface area (Å²) >= 11 is 1.56. The molecule has 0 N–H and O–H groups in total. The maximum atomic E-state index is 12.9. The number of nitriles is 1. The van der Waals surface area contributed by atoms with Gasteiger partial charge in [-0.3, -0.25) is 9.36 Å². The predicted molar refractivity (Wildman–Crippen MR) is 102 cm³/mol. The fraction of sp³-hybridized carbons (Fsp3) is 0.250. The van der Waals surface area contributed by atoms with Gasteiger partial charge in [0.1, 0.15) is 0 Å². The molecule has 0 amide bonds. The number of hydrogen-bond acceptors (Lipinski definition) is 4. The van der Waals surface area contributed by atoms with Crippen LogP contribution in [0.25, 0.3) is 10.9 Å². The van der Waals surface area contributed by atoms with E-state index in [1.165, 1.54) is 0 Å². The molecule has 0 aliphatic carbocycles. The van der Waals surface area contributed by atoms with E-state index in [0.29, 0.717) is 16.7 Å². The summed E-state index contributed by atoms with van der Waals surface area (Å²) in [5.41, 5.74) is 2.49. The van der Waals surface area contributed by atoms with Crippen molar-refractivity contribution in [1.82, 2.24) is 9.55 Å². The highest BCUT2D eigenvalue weighted by Crippen LogP contribution is 2.25. The molecule has 0 unspecified atom stereocenters. The van der Waals surface area contributed by atoms with Gasteiger partial charge in [0.25, 0.3) is 5.56 Å². The zero-order valence-electron chi connectivity index (χ0n) is 14.3. The molecule has 5 heteroatoms. The van der Waals surface area contributed by atoms with E-state index in [4.69, 9.17) is 10.2 Å². The second-order valence-electron chi connectivity index (χ2n) is 5.94. The van der Waals surface area contributed by atoms with Gasteiger partial charge in [-0.15, -0.1) is 0 Å². The molecule has 3 rings (SSSR count). The van der Waals surface area contributed by atoms with Crippen LogP contribution < -0.4 is 5.56 Å². The molecule has 0 aliphatic rings. The molecule has 0 radical (unpaired) electrons. The minimum Gasteiger partial charge on any atom is -0.284 e. The van der Waals surface area contributed by atoms with Crippen LogP contribution in [0.1, 0.15) is 37.4 Å². The third-order valence-electron chi connectivity index (χ3n) is 4.26. The molecule has 2 aromatic carbocycles. The normalized spacial score (nSPS) is 12.0. The Labute approximate surface area is 151 Å². The molecular weight excluding hydrogens is 330 g/mol. The Hall–Kier alpha value is -2.58. The van der Waals surface area contributed by atoms with Crippen LogP contribution in [-0.4, -0.2) is 9.55 Å². The molecule has 3 aromatic rings. The standard InChI is InChI=1S/C20H19N3OS/c1-3-14(2)23-19(24)17-6-4-5-7-18(17)22-20(23)25-13-16-10-8-15(12-21)9-11-16/h4-11,14H,3,13H2,1-2H3/t14-/m1/s1. The van der Waals surface area contributed by atoms with Gasteiger partial charge < -0.3 is 0 Å². The highest BCUT2D eigenvalue weighted by molar-refractivity contribution is 7.98. The van der Waals surface area contributed by atoms with Crippen molar-refractivity contribution in [3.63, 3.8) is 0 Å². The SMILES string of the molecule is CC[C@@H](C)n1c(SCc2ccc(C#N)cc2)nc2ccccc2c1=O. The number of fused-ring (bicyclic) bond motifs is 1. The fourth-order valence-corrected chi connectivity index (χ4v) is 3.68. The summed E-state index contributed by atoms with van der Waals surface area (Å²) in [7, 11) is 0. The molecule has 1 heterocycles. The van der Waals surface area contributed by atoms with Gasteiger partial charge in [-0.1, -0.05) is 43.0 Å². The van der Waals surface area contributed by atoms with Gasteiger partial charge in [0.15, 0.2) is 5.16 Å². The summed E-state index contributed by atoms with van der Waals surface area (Å²) in [6.07, 6.45) is 0.865. The van der Waals surface area contributed by atoms with Gasteiger partial charge in [0, 0.05) is 11.8 Å². The summed E-state index contributed by atoms with van der Waals surface area (Å²) in [6.45, 7) is 4.12. The largest absolute Gasteiger partial charge is 0.284 e. The van der Waals surface area contributed by atoms with E-state index in [0.717, 1.165) is 22.7 Å². The van der Waals surface area contributed by atoms with Gasteiger partial charge in [0.05, 0.1) is 22.5 Å². The first-order valence-corrected chi connectivity index (χ1v) is 9.25. The van der Waals surface area contributed by atoms with E-state index >= 15 is 0 Å². The summed E-state index contributed by atoms with van der Waals surface area (Å²) in [5, 5.41) is 10.3. The monoisotopic (exact) mass is 349 g/mol. The average Bonchev–Trinajstić information content (AvgIpc) is 2.66. The molecule has 25 heavy (non-hydrogen) atoms. The van der Waals surface area contributed by atoms with E-state index in [1.54, 1.807) is 16.3 Å². The van der Waals surface area contributed by atoms with Crippen LogP contribution in [0.3, 0.4) is 0 Å². The number of hydrogen-bond donors (Lipinski definition) is 0. The van der Waals surface area contributed by atoms with Crippen molar-refractivity contribution in [2.24, 2.45) is 0 Å². The third-order valence-corrected chi connectivity index (χ3v) is 5.28. The molecule has 0 saturated carbocycles. The first-order valence-electron chi connectivity index (χ1n) is 8.27. The van der Waals surface area contributed by atoms with Crippen molar-refractivity contribution >= 4 is 22.7 Å². The lowest BCUT2D eigenvalue weighted by molar-refractivity contribution is 0.468. The zero-order valence-corrected chi connectivity index (χ0v) is 15.1. The summed E-state index contributed by atoms with van der Waals surface area (Å²) in [5.74, 6) is 0.701. The van der Waals surface area contributed by atoms with Crippen molar-refractivity contribution < 1.29 is 0 Å². The smallest absolute Gasteiger partial charge is 0.262 e.